The average Bonchev–Trinajstić information content (AvgIpc) is 2.85. The van der Waals surface area contributed by atoms with E-state index in [9.17, 15) is 0 Å². The molecule has 2 aromatic rings. The Labute approximate surface area is 130 Å². The monoisotopic (exact) mass is 307 g/mol. The molecule has 0 aliphatic heterocycles. The van der Waals surface area contributed by atoms with Crippen LogP contribution in [0, 0.1) is 6.92 Å². The second-order valence-electron chi connectivity index (χ2n) is 4.93. The molecule has 6 heteroatoms. The molecule has 0 aliphatic carbocycles. The predicted molar refractivity (Wildman–Crippen MR) is 84.6 cm³/mol. The summed E-state index contributed by atoms with van der Waals surface area (Å²) in [5, 5.41) is 17.0. The van der Waals surface area contributed by atoms with Gasteiger partial charge < -0.3 is 5.32 Å². The van der Waals surface area contributed by atoms with Crippen molar-refractivity contribution in [1.29, 1.82) is 0 Å². The van der Waals surface area contributed by atoms with Gasteiger partial charge >= 0.3 is 0 Å². The lowest BCUT2D eigenvalue weighted by Gasteiger charge is -2.22. The number of aryl methyl sites for hydroxylation is 3. The summed E-state index contributed by atoms with van der Waals surface area (Å²) in [5.74, 6) is 0. The molecule has 0 spiro atoms. The number of hydrogen-bond acceptors (Lipinski definition) is 4. The molecule has 1 N–H and O–H groups in total. The van der Waals surface area contributed by atoms with Crippen LogP contribution in [0.15, 0.2) is 12.3 Å². The molecule has 5 nitrogen and oxygen atoms in total. The maximum atomic E-state index is 6.38. The molecule has 0 saturated heterocycles. The van der Waals surface area contributed by atoms with Gasteiger partial charge in [-0.1, -0.05) is 25.4 Å². The molecule has 2 aromatic heterocycles. The molecule has 0 fully saturated rings. The number of hydrogen-bond donors (Lipinski definition) is 1. The van der Waals surface area contributed by atoms with Crippen molar-refractivity contribution in [2.24, 2.45) is 0 Å². The summed E-state index contributed by atoms with van der Waals surface area (Å²) in [5.41, 5.74) is 4.02. The van der Waals surface area contributed by atoms with E-state index >= 15 is 0 Å². The highest BCUT2D eigenvalue weighted by Crippen LogP contribution is 2.30. The van der Waals surface area contributed by atoms with Crippen LogP contribution in [0.3, 0.4) is 0 Å². The highest BCUT2D eigenvalue weighted by molar-refractivity contribution is 6.31. The smallest absolute Gasteiger partial charge is 0.0837 e. The highest BCUT2D eigenvalue weighted by Gasteiger charge is 2.24. The summed E-state index contributed by atoms with van der Waals surface area (Å²) in [6.07, 6.45) is 2.54. The number of aromatic nitrogens is 4. The first-order valence-corrected chi connectivity index (χ1v) is 7.77. The normalized spacial score (nSPS) is 12.6. The van der Waals surface area contributed by atoms with E-state index in [0.29, 0.717) is 5.02 Å². The van der Waals surface area contributed by atoms with Crippen molar-refractivity contribution in [1.82, 2.24) is 25.3 Å². The van der Waals surface area contributed by atoms with Crippen LogP contribution in [0.4, 0.5) is 0 Å². The van der Waals surface area contributed by atoms with Crippen LogP contribution in [0.5, 0.6) is 0 Å². The predicted octanol–water partition coefficient (Wildman–Crippen LogP) is 2.92. The summed E-state index contributed by atoms with van der Waals surface area (Å²) in [7, 11) is 0. The van der Waals surface area contributed by atoms with E-state index in [1.807, 2.05) is 11.6 Å². The van der Waals surface area contributed by atoms with Gasteiger partial charge in [-0.3, -0.25) is 4.68 Å². The van der Waals surface area contributed by atoms with Gasteiger partial charge in [0.2, 0.25) is 0 Å². The third kappa shape index (κ3) is 3.24. The first-order valence-electron chi connectivity index (χ1n) is 7.39. The molecule has 21 heavy (non-hydrogen) atoms. The van der Waals surface area contributed by atoms with Crippen molar-refractivity contribution in [3.8, 4) is 0 Å². The standard InChI is InChI=1S/C15H22ClN5/c1-5-13-11(8-10(4)19-20-13)14(17-6-2)15-12(16)9-18-21(15)7-3/h8-9,14,17H,5-7H2,1-4H3. The molecule has 1 unspecified atom stereocenters. The summed E-state index contributed by atoms with van der Waals surface area (Å²) in [4.78, 5) is 0. The van der Waals surface area contributed by atoms with Crippen molar-refractivity contribution >= 4 is 11.6 Å². The minimum atomic E-state index is -0.0194. The Bertz CT molecular complexity index is 608. The second-order valence-corrected chi connectivity index (χ2v) is 5.33. The summed E-state index contributed by atoms with van der Waals surface area (Å²) < 4.78 is 1.94. The van der Waals surface area contributed by atoms with E-state index in [1.54, 1.807) is 6.20 Å². The van der Waals surface area contributed by atoms with Crippen LogP contribution in [0.25, 0.3) is 0 Å². The van der Waals surface area contributed by atoms with Crippen molar-refractivity contribution < 1.29 is 0 Å². The largest absolute Gasteiger partial charge is 0.305 e. The topological polar surface area (TPSA) is 55.6 Å². The maximum Gasteiger partial charge on any atom is 0.0837 e. The van der Waals surface area contributed by atoms with Crippen LogP contribution in [-0.4, -0.2) is 26.5 Å². The van der Waals surface area contributed by atoms with E-state index in [0.717, 1.165) is 42.2 Å². The van der Waals surface area contributed by atoms with Gasteiger partial charge in [0.15, 0.2) is 0 Å². The van der Waals surface area contributed by atoms with E-state index in [-0.39, 0.29) is 6.04 Å². The fraction of sp³-hybridized carbons (Fsp3) is 0.533. The third-order valence-corrected chi connectivity index (χ3v) is 3.78. The van der Waals surface area contributed by atoms with E-state index in [2.05, 4.69) is 47.5 Å². The number of nitrogens with zero attached hydrogens (tertiary/aromatic N) is 4. The summed E-state index contributed by atoms with van der Waals surface area (Å²) >= 11 is 6.38. The van der Waals surface area contributed by atoms with Crippen molar-refractivity contribution in [3.63, 3.8) is 0 Å². The zero-order chi connectivity index (χ0) is 15.4. The van der Waals surface area contributed by atoms with Gasteiger partial charge in [0.1, 0.15) is 0 Å². The molecule has 0 bridgehead atoms. The minimum absolute atomic E-state index is 0.0194. The summed E-state index contributed by atoms with van der Waals surface area (Å²) in [6, 6.07) is 2.07. The fourth-order valence-corrected chi connectivity index (χ4v) is 2.78. The lowest BCUT2D eigenvalue weighted by atomic mass is 10.00. The molecule has 1 atom stereocenters. The first kappa shape index (κ1) is 15.9. The van der Waals surface area contributed by atoms with Gasteiger partial charge in [0.25, 0.3) is 0 Å². The Hall–Kier alpha value is -1.46. The molecule has 0 aromatic carbocycles. The van der Waals surface area contributed by atoms with Crippen LogP contribution in [-0.2, 0) is 13.0 Å². The number of rotatable bonds is 6. The van der Waals surface area contributed by atoms with E-state index in [4.69, 9.17) is 11.6 Å². The Balaban J connectivity index is 2.58. The quantitative estimate of drug-likeness (QED) is 0.891. The SMILES string of the molecule is CCNC(c1cc(C)nnc1CC)c1c(Cl)cnn1CC. The minimum Gasteiger partial charge on any atom is -0.305 e. The van der Waals surface area contributed by atoms with Crippen LogP contribution in [0.1, 0.15) is 49.5 Å². The Kier molecular flexibility index (Phi) is 5.31. The van der Waals surface area contributed by atoms with Gasteiger partial charge in [-0.05, 0) is 32.9 Å². The molecular weight excluding hydrogens is 286 g/mol. The third-order valence-electron chi connectivity index (χ3n) is 3.49. The molecule has 0 amide bonds. The molecule has 0 saturated carbocycles. The molecule has 0 radical (unpaired) electrons. The molecule has 2 heterocycles. The van der Waals surface area contributed by atoms with Gasteiger partial charge in [0.05, 0.1) is 34.3 Å². The Morgan fingerprint density at radius 3 is 2.67 bits per heavy atom. The zero-order valence-electron chi connectivity index (χ0n) is 13.0. The van der Waals surface area contributed by atoms with E-state index < -0.39 is 0 Å². The number of halogens is 1. The Morgan fingerprint density at radius 2 is 2.05 bits per heavy atom. The van der Waals surface area contributed by atoms with Crippen LogP contribution >= 0.6 is 11.6 Å². The van der Waals surface area contributed by atoms with Crippen LogP contribution in [0.2, 0.25) is 5.02 Å². The molecule has 114 valence electrons. The lowest BCUT2D eigenvalue weighted by Crippen LogP contribution is -2.26. The number of nitrogens with one attached hydrogen (secondary N) is 1. The average molecular weight is 308 g/mol. The van der Waals surface area contributed by atoms with Crippen molar-refractivity contribution in [3.05, 3.63) is 39.9 Å². The lowest BCUT2D eigenvalue weighted by molar-refractivity contribution is 0.536. The maximum absolute atomic E-state index is 6.38. The molecule has 0 aliphatic rings. The summed E-state index contributed by atoms with van der Waals surface area (Å²) in [6.45, 7) is 9.80. The van der Waals surface area contributed by atoms with Gasteiger partial charge in [-0.2, -0.15) is 15.3 Å². The highest BCUT2D eigenvalue weighted by atomic mass is 35.5. The van der Waals surface area contributed by atoms with Crippen molar-refractivity contribution in [2.45, 2.75) is 46.7 Å². The van der Waals surface area contributed by atoms with Gasteiger partial charge in [-0.15, -0.1) is 0 Å². The van der Waals surface area contributed by atoms with Gasteiger partial charge in [0, 0.05) is 12.1 Å². The molecular formula is C15H22ClN5. The van der Waals surface area contributed by atoms with E-state index in [1.165, 1.54) is 0 Å². The Morgan fingerprint density at radius 1 is 1.29 bits per heavy atom. The van der Waals surface area contributed by atoms with Crippen molar-refractivity contribution in [2.75, 3.05) is 6.54 Å². The van der Waals surface area contributed by atoms with Gasteiger partial charge in [-0.25, -0.2) is 0 Å². The first-order chi connectivity index (χ1) is 10.1. The zero-order valence-corrected chi connectivity index (χ0v) is 13.8. The fourth-order valence-electron chi connectivity index (χ4n) is 2.53. The van der Waals surface area contributed by atoms with Crippen LogP contribution < -0.4 is 5.32 Å². The molecule has 2 rings (SSSR count). The second kappa shape index (κ2) is 7.00.